The molecule has 112 valence electrons. The van der Waals surface area contributed by atoms with Crippen molar-refractivity contribution in [1.29, 1.82) is 0 Å². The van der Waals surface area contributed by atoms with Gasteiger partial charge in [-0.3, -0.25) is 10.1 Å². The minimum Gasteiger partial charge on any atom is -0.363 e. The molecule has 0 aliphatic carbocycles. The van der Waals surface area contributed by atoms with Crippen molar-refractivity contribution >= 4 is 34.4 Å². The lowest BCUT2D eigenvalue weighted by atomic mass is 9.91. The van der Waals surface area contributed by atoms with E-state index in [1.807, 2.05) is 17.5 Å². The first-order chi connectivity index (χ1) is 9.81. The van der Waals surface area contributed by atoms with Gasteiger partial charge in [-0.05, 0) is 30.0 Å². The Balaban J connectivity index is 2.26. The van der Waals surface area contributed by atoms with Crippen LogP contribution in [-0.4, -0.2) is 21.4 Å². The van der Waals surface area contributed by atoms with Gasteiger partial charge in [0.1, 0.15) is 5.69 Å². The monoisotopic (exact) mass is 326 g/mol. The number of aromatic nitrogens is 2. The number of nitrogens with zero attached hydrogens (tertiary/aromatic N) is 3. The van der Waals surface area contributed by atoms with Gasteiger partial charge in [-0.15, -0.1) is 11.3 Å². The highest BCUT2D eigenvalue weighted by atomic mass is 35.5. The second-order valence-electron chi connectivity index (χ2n) is 5.25. The third kappa shape index (κ3) is 3.48. The van der Waals surface area contributed by atoms with Gasteiger partial charge in [-0.1, -0.05) is 19.9 Å². The molecule has 1 N–H and O–H groups in total. The molecule has 0 fully saturated rings. The SMILES string of the molecule is Cc1nc(Cl)nc(NCC(C)(C)c2cccs2)c1[N+](=O)[O-]. The molecule has 6 nitrogen and oxygen atoms in total. The Morgan fingerprint density at radius 2 is 2.19 bits per heavy atom. The molecule has 8 heteroatoms. The van der Waals surface area contributed by atoms with E-state index in [0.717, 1.165) is 0 Å². The Morgan fingerprint density at radius 3 is 2.76 bits per heavy atom. The fourth-order valence-corrected chi connectivity index (χ4v) is 2.99. The van der Waals surface area contributed by atoms with E-state index in [-0.39, 0.29) is 27.9 Å². The van der Waals surface area contributed by atoms with Crippen LogP contribution in [-0.2, 0) is 5.41 Å². The van der Waals surface area contributed by atoms with Crippen molar-refractivity contribution in [1.82, 2.24) is 9.97 Å². The predicted molar refractivity (Wildman–Crippen MR) is 84.3 cm³/mol. The number of thiophene rings is 1. The highest BCUT2D eigenvalue weighted by Gasteiger charge is 2.26. The van der Waals surface area contributed by atoms with Crippen molar-refractivity contribution in [3.63, 3.8) is 0 Å². The van der Waals surface area contributed by atoms with Gasteiger partial charge < -0.3 is 5.32 Å². The van der Waals surface area contributed by atoms with Gasteiger partial charge in [0.05, 0.1) is 4.92 Å². The van der Waals surface area contributed by atoms with Crippen LogP contribution in [0.2, 0.25) is 5.28 Å². The maximum atomic E-state index is 11.2. The number of nitrogens with one attached hydrogen (secondary N) is 1. The normalized spacial score (nSPS) is 11.4. The summed E-state index contributed by atoms with van der Waals surface area (Å²) in [5.74, 6) is 0.155. The highest BCUT2D eigenvalue weighted by Crippen LogP contribution is 2.30. The van der Waals surface area contributed by atoms with E-state index in [1.54, 1.807) is 18.3 Å². The van der Waals surface area contributed by atoms with Crippen molar-refractivity contribution in [2.75, 3.05) is 11.9 Å². The van der Waals surface area contributed by atoms with E-state index < -0.39 is 4.92 Å². The molecule has 2 rings (SSSR count). The quantitative estimate of drug-likeness (QED) is 0.513. The third-order valence-electron chi connectivity index (χ3n) is 3.10. The number of aryl methyl sites for hydroxylation is 1. The summed E-state index contributed by atoms with van der Waals surface area (Å²) in [5, 5.41) is 16.2. The van der Waals surface area contributed by atoms with E-state index in [4.69, 9.17) is 11.6 Å². The molecule has 2 heterocycles. The topological polar surface area (TPSA) is 81.0 Å². The first kappa shape index (κ1) is 15.7. The zero-order chi connectivity index (χ0) is 15.6. The second kappa shape index (κ2) is 5.95. The largest absolute Gasteiger partial charge is 0.363 e. The van der Waals surface area contributed by atoms with Crippen molar-refractivity contribution in [2.45, 2.75) is 26.2 Å². The van der Waals surface area contributed by atoms with Crippen molar-refractivity contribution < 1.29 is 4.92 Å². The lowest BCUT2D eigenvalue weighted by molar-refractivity contribution is -0.385. The van der Waals surface area contributed by atoms with Crippen LogP contribution in [0.25, 0.3) is 0 Å². The summed E-state index contributed by atoms with van der Waals surface area (Å²) in [5.41, 5.74) is -0.0642. The number of hydrogen-bond donors (Lipinski definition) is 1. The summed E-state index contributed by atoms with van der Waals surface area (Å²) >= 11 is 7.44. The van der Waals surface area contributed by atoms with Gasteiger partial charge >= 0.3 is 5.69 Å². The molecule has 0 spiro atoms. The van der Waals surface area contributed by atoms with Crippen LogP contribution in [0.3, 0.4) is 0 Å². The third-order valence-corrected chi connectivity index (χ3v) is 4.50. The summed E-state index contributed by atoms with van der Waals surface area (Å²) in [7, 11) is 0. The first-order valence-corrected chi connectivity index (χ1v) is 7.53. The Labute approximate surface area is 131 Å². The molecule has 0 radical (unpaired) electrons. The second-order valence-corrected chi connectivity index (χ2v) is 6.53. The predicted octanol–water partition coefficient (Wildman–Crippen LogP) is 3.80. The minimum atomic E-state index is -0.494. The molecule has 0 aliphatic rings. The van der Waals surface area contributed by atoms with Crippen LogP contribution >= 0.6 is 22.9 Å². The molecular formula is C13H15ClN4O2S. The molecular weight excluding hydrogens is 312 g/mol. The average molecular weight is 327 g/mol. The Hall–Kier alpha value is -1.73. The summed E-state index contributed by atoms with van der Waals surface area (Å²) in [6, 6.07) is 4.02. The van der Waals surface area contributed by atoms with Gasteiger partial charge in [0, 0.05) is 16.8 Å². The van der Waals surface area contributed by atoms with E-state index in [0.29, 0.717) is 6.54 Å². The van der Waals surface area contributed by atoms with Crippen LogP contribution in [0.4, 0.5) is 11.5 Å². The Bertz CT molecular complexity index is 658. The van der Waals surface area contributed by atoms with Crippen LogP contribution < -0.4 is 5.32 Å². The van der Waals surface area contributed by atoms with Gasteiger partial charge in [0.2, 0.25) is 11.1 Å². The average Bonchev–Trinajstić information content (AvgIpc) is 2.89. The highest BCUT2D eigenvalue weighted by molar-refractivity contribution is 7.10. The number of rotatable bonds is 5. The van der Waals surface area contributed by atoms with Crippen LogP contribution in [0, 0.1) is 17.0 Å². The summed E-state index contributed by atoms with van der Waals surface area (Å²) < 4.78 is 0. The molecule has 2 aromatic rings. The summed E-state index contributed by atoms with van der Waals surface area (Å²) in [6.07, 6.45) is 0. The standard InChI is InChI=1S/C13H15ClN4O2S/c1-8-10(18(19)20)11(17-12(14)16-8)15-7-13(2,3)9-5-4-6-21-9/h4-6H,7H2,1-3H3,(H,15,16,17). The maximum Gasteiger partial charge on any atom is 0.332 e. The van der Waals surface area contributed by atoms with Gasteiger partial charge in [0.25, 0.3) is 0 Å². The lowest BCUT2D eigenvalue weighted by Gasteiger charge is -2.24. The van der Waals surface area contributed by atoms with E-state index in [9.17, 15) is 10.1 Å². The lowest BCUT2D eigenvalue weighted by Crippen LogP contribution is -2.27. The molecule has 0 saturated heterocycles. The molecule has 0 aromatic carbocycles. The minimum absolute atomic E-state index is 0.00507. The molecule has 21 heavy (non-hydrogen) atoms. The summed E-state index contributed by atoms with van der Waals surface area (Å²) in [6.45, 7) is 6.17. The summed E-state index contributed by atoms with van der Waals surface area (Å²) in [4.78, 5) is 19.6. The smallest absolute Gasteiger partial charge is 0.332 e. The zero-order valence-electron chi connectivity index (χ0n) is 11.9. The molecule has 2 aromatic heterocycles. The number of halogens is 1. The first-order valence-electron chi connectivity index (χ1n) is 6.27. The molecule has 0 aliphatic heterocycles. The van der Waals surface area contributed by atoms with Crippen LogP contribution in [0.1, 0.15) is 24.4 Å². The van der Waals surface area contributed by atoms with Crippen molar-refractivity contribution in [2.24, 2.45) is 0 Å². The molecule has 0 saturated carbocycles. The van der Waals surface area contributed by atoms with Crippen molar-refractivity contribution in [3.05, 3.63) is 43.5 Å². The maximum absolute atomic E-state index is 11.2. The Kier molecular flexibility index (Phi) is 4.43. The molecule has 0 bridgehead atoms. The van der Waals surface area contributed by atoms with Gasteiger partial charge in [0.15, 0.2) is 0 Å². The zero-order valence-corrected chi connectivity index (χ0v) is 13.5. The number of anilines is 1. The fraction of sp³-hybridized carbons (Fsp3) is 0.385. The number of nitro groups is 1. The molecule has 0 unspecified atom stereocenters. The fourth-order valence-electron chi connectivity index (χ4n) is 1.93. The number of hydrogen-bond acceptors (Lipinski definition) is 6. The Morgan fingerprint density at radius 1 is 1.48 bits per heavy atom. The van der Waals surface area contributed by atoms with Gasteiger partial charge in [-0.2, -0.15) is 4.98 Å². The van der Waals surface area contributed by atoms with E-state index >= 15 is 0 Å². The van der Waals surface area contributed by atoms with Crippen LogP contribution in [0.5, 0.6) is 0 Å². The van der Waals surface area contributed by atoms with Crippen molar-refractivity contribution in [3.8, 4) is 0 Å². The molecule has 0 amide bonds. The van der Waals surface area contributed by atoms with Crippen LogP contribution in [0.15, 0.2) is 17.5 Å². The van der Waals surface area contributed by atoms with E-state index in [2.05, 4.69) is 29.1 Å². The van der Waals surface area contributed by atoms with E-state index in [1.165, 1.54) is 4.88 Å². The molecule has 0 atom stereocenters. The van der Waals surface area contributed by atoms with Gasteiger partial charge in [-0.25, -0.2) is 4.98 Å².